The number of halogens is 1. The zero-order chi connectivity index (χ0) is 25.8. The molecule has 4 unspecified atom stereocenters. The molecule has 9 heteroatoms. The van der Waals surface area contributed by atoms with Gasteiger partial charge in [-0.3, -0.25) is 19.5 Å². The van der Waals surface area contributed by atoms with E-state index in [1.807, 2.05) is 24.3 Å². The maximum absolute atomic E-state index is 13.3. The monoisotopic (exact) mass is 529 g/mol. The summed E-state index contributed by atoms with van der Waals surface area (Å²) >= 11 is 6.00. The molecule has 1 saturated carbocycles. The topological polar surface area (TPSA) is 87.7 Å². The van der Waals surface area contributed by atoms with E-state index >= 15 is 0 Å². The van der Waals surface area contributed by atoms with E-state index in [9.17, 15) is 9.59 Å². The Kier molecular flexibility index (Phi) is 5.73. The molecule has 3 aliphatic heterocycles. The van der Waals surface area contributed by atoms with Gasteiger partial charge in [-0.15, -0.1) is 0 Å². The van der Waals surface area contributed by atoms with Crippen LogP contribution in [0.15, 0.2) is 54.9 Å². The smallest absolute Gasteiger partial charge is 0.266 e. The zero-order valence-corrected chi connectivity index (χ0v) is 21.6. The minimum Gasteiger partial charge on any atom is -0.472 e. The van der Waals surface area contributed by atoms with E-state index in [-0.39, 0.29) is 24.6 Å². The summed E-state index contributed by atoms with van der Waals surface area (Å²) in [7, 11) is 0. The van der Waals surface area contributed by atoms with E-state index in [2.05, 4.69) is 15.2 Å². The van der Waals surface area contributed by atoms with Gasteiger partial charge in [-0.05, 0) is 48.9 Å². The molecule has 4 atom stereocenters. The van der Waals surface area contributed by atoms with Crippen LogP contribution in [-0.4, -0.2) is 47.6 Å². The number of carbonyl (C=O) groups is 2. The number of rotatable bonds is 3. The fraction of sp³-hybridized carbons (Fsp3) is 0.379. The van der Waals surface area contributed by atoms with Crippen LogP contribution < -0.4 is 19.9 Å². The standard InChI is InChI=1S/C29H28ClN5O3/c30-19-6-4-17(5-7-19)24-11-26-22(13-31-24)29(37)35(16-38-26)20-8-9-27(32-12-20)34-14-23-21-3-1-2-18(21)10-28(36)33-25(23)15-34/h4-9,11-13,18,21,23,25H,1-3,10,14-16H2,(H,33,36). The molecule has 2 saturated heterocycles. The minimum absolute atomic E-state index is 0.0971. The van der Waals surface area contributed by atoms with Crippen molar-refractivity contribution in [2.45, 2.75) is 31.7 Å². The number of ether oxygens (including phenoxy) is 1. The molecule has 1 aromatic carbocycles. The predicted molar refractivity (Wildman–Crippen MR) is 144 cm³/mol. The fourth-order valence-corrected chi connectivity index (χ4v) is 6.87. The van der Waals surface area contributed by atoms with Gasteiger partial charge in [-0.25, -0.2) is 4.98 Å². The zero-order valence-electron chi connectivity index (χ0n) is 20.8. The summed E-state index contributed by atoms with van der Waals surface area (Å²) in [5.41, 5.74) is 2.70. The molecule has 1 N–H and O–H groups in total. The van der Waals surface area contributed by atoms with Gasteiger partial charge in [-0.2, -0.15) is 0 Å². The molecule has 3 aromatic rings. The molecule has 1 aliphatic carbocycles. The average molecular weight is 530 g/mol. The lowest BCUT2D eigenvalue weighted by molar-refractivity contribution is -0.122. The Labute approximate surface area is 226 Å². The van der Waals surface area contributed by atoms with Gasteiger partial charge in [0.15, 0.2) is 6.73 Å². The Morgan fingerprint density at radius 1 is 0.974 bits per heavy atom. The number of hydrogen-bond acceptors (Lipinski definition) is 6. The molecule has 5 heterocycles. The fourth-order valence-electron chi connectivity index (χ4n) is 6.74. The van der Waals surface area contributed by atoms with Crippen LogP contribution in [0.1, 0.15) is 36.0 Å². The van der Waals surface area contributed by atoms with E-state index in [4.69, 9.17) is 21.3 Å². The number of amides is 2. The highest BCUT2D eigenvalue weighted by Crippen LogP contribution is 2.44. The molecule has 2 aromatic heterocycles. The van der Waals surface area contributed by atoms with Crippen LogP contribution in [-0.2, 0) is 4.79 Å². The van der Waals surface area contributed by atoms with Crippen molar-refractivity contribution in [3.8, 4) is 17.0 Å². The Morgan fingerprint density at radius 3 is 2.66 bits per heavy atom. The van der Waals surface area contributed by atoms with Crippen LogP contribution in [0.5, 0.6) is 5.75 Å². The van der Waals surface area contributed by atoms with Gasteiger partial charge in [-0.1, -0.05) is 30.2 Å². The lowest BCUT2D eigenvalue weighted by atomic mass is 9.81. The Bertz CT molecular complexity index is 1400. The average Bonchev–Trinajstić information content (AvgIpc) is 3.53. The summed E-state index contributed by atoms with van der Waals surface area (Å²) in [5.74, 6) is 3.00. The van der Waals surface area contributed by atoms with Crippen LogP contribution in [0.4, 0.5) is 11.5 Å². The highest BCUT2D eigenvalue weighted by Gasteiger charge is 2.46. The van der Waals surface area contributed by atoms with Crippen molar-refractivity contribution in [2.24, 2.45) is 17.8 Å². The summed E-state index contributed by atoms with van der Waals surface area (Å²) in [6.45, 7) is 1.77. The first-order valence-electron chi connectivity index (χ1n) is 13.2. The summed E-state index contributed by atoms with van der Waals surface area (Å²) in [5, 5.41) is 3.93. The van der Waals surface area contributed by atoms with Crippen molar-refractivity contribution in [2.75, 3.05) is 29.6 Å². The number of nitrogens with zero attached hydrogens (tertiary/aromatic N) is 4. The highest BCUT2D eigenvalue weighted by atomic mass is 35.5. The molecule has 7 rings (SSSR count). The van der Waals surface area contributed by atoms with Gasteiger partial charge in [0, 0.05) is 48.3 Å². The summed E-state index contributed by atoms with van der Waals surface area (Å²) in [6, 6.07) is 13.2. The second kappa shape index (κ2) is 9.27. The van der Waals surface area contributed by atoms with E-state index in [1.54, 1.807) is 35.5 Å². The number of benzene rings is 1. The number of nitrogens with one attached hydrogen (secondary N) is 1. The van der Waals surface area contributed by atoms with E-state index in [1.165, 1.54) is 19.3 Å². The van der Waals surface area contributed by atoms with Crippen molar-refractivity contribution >= 4 is 34.9 Å². The molecule has 4 aliphatic rings. The van der Waals surface area contributed by atoms with Gasteiger partial charge in [0.1, 0.15) is 17.1 Å². The summed E-state index contributed by atoms with van der Waals surface area (Å²) < 4.78 is 5.96. The van der Waals surface area contributed by atoms with Gasteiger partial charge in [0.2, 0.25) is 5.91 Å². The van der Waals surface area contributed by atoms with Crippen molar-refractivity contribution < 1.29 is 14.3 Å². The normalized spacial score (nSPS) is 26.2. The maximum atomic E-state index is 13.3. The van der Waals surface area contributed by atoms with E-state index in [0.717, 1.165) is 30.2 Å². The minimum atomic E-state index is -0.172. The highest BCUT2D eigenvalue weighted by molar-refractivity contribution is 6.30. The van der Waals surface area contributed by atoms with Crippen molar-refractivity contribution in [1.82, 2.24) is 15.3 Å². The summed E-state index contributed by atoms with van der Waals surface area (Å²) in [6.07, 6.45) is 7.58. The van der Waals surface area contributed by atoms with Crippen LogP contribution in [0.25, 0.3) is 11.3 Å². The van der Waals surface area contributed by atoms with Crippen LogP contribution in [0, 0.1) is 17.8 Å². The number of aromatic nitrogens is 2. The first-order chi connectivity index (χ1) is 18.5. The second-order valence-electron chi connectivity index (χ2n) is 10.8. The Hall–Kier alpha value is -3.65. The number of anilines is 2. The molecule has 0 radical (unpaired) electrons. The quantitative estimate of drug-likeness (QED) is 0.536. The van der Waals surface area contributed by atoms with Crippen LogP contribution in [0.3, 0.4) is 0 Å². The van der Waals surface area contributed by atoms with E-state index < -0.39 is 0 Å². The van der Waals surface area contributed by atoms with Crippen LogP contribution in [0.2, 0.25) is 5.02 Å². The first kappa shape index (κ1) is 23.5. The molecule has 38 heavy (non-hydrogen) atoms. The third-order valence-corrected chi connectivity index (χ3v) is 8.88. The number of fused-ring (bicyclic) bond motifs is 4. The SMILES string of the molecule is O=C1CC2CCCC2C2CN(c3ccc(N4COc5cc(-c6ccc(Cl)cc6)ncc5C4=O)cn3)CC2N1. The first-order valence-corrected chi connectivity index (χ1v) is 13.6. The van der Waals surface area contributed by atoms with Crippen molar-refractivity contribution in [1.29, 1.82) is 0 Å². The molecule has 8 nitrogen and oxygen atoms in total. The number of carbonyl (C=O) groups excluding carboxylic acids is 2. The van der Waals surface area contributed by atoms with E-state index in [0.29, 0.717) is 46.2 Å². The third-order valence-electron chi connectivity index (χ3n) is 8.63. The Morgan fingerprint density at radius 2 is 1.84 bits per heavy atom. The van der Waals surface area contributed by atoms with Gasteiger partial charge in [0.05, 0.1) is 23.6 Å². The molecular weight excluding hydrogens is 502 g/mol. The predicted octanol–water partition coefficient (Wildman–Crippen LogP) is 4.53. The van der Waals surface area contributed by atoms with Crippen molar-refractivity contribution in [3.05, 3.63) is 65.4 Å². The van der Waals surface area contributed by atoms with Gasteiger partial charge < -0.3 is 15.0 Å². The van der Waals surface area contributed by atoms with Crippen LogP contribution >= 0.6 is 11.6 Å². The lowest BCUT2D eigenvalue weighted by Gasteiger charge is -2.29. The number of pyridine rings is 2. The molecule has 2 amide bonds. The summed E-state index contributed by atoms with van der Waals surface area (Å²) in [4.78, 5) is 38.8. The van der Waals surface area contributed by atoms with Gasteiger partial charge in [0.25, 0.3) is 5.91 Å². The third kappa shape index (κ3) is 4.07. The maximum Gasteiger partial charge on any atom is 0.266 e. The van der Waals surface area contributed by atoms with Gasteiger partial charge >= 0.3 is 0 Å². The lowest BCUT2D eigenvalue weighted by Crippen LogP contribution is -2.39. The molecule has 3 fully saturated rings. The molecule has 0 spiro atoms. The molecule has 0 bridgehead atoms. The second-order valence-corrected chi connectivity index (χ2v) is 11.2. The largest absolute Gasteiger partial charge is 0.472 e. The molecule has 194 valence electrons. The Balaban J connectivity index is 1.07. The van der Waals surface area contributed by atoms with Crippen molar-refractivity contribution in [3.63, 3.8) is 0 Å². The molecular formula is C29H28ClN5O3. The number of hydrogen-bond donors (Lipinski definition) is 1.